The molecule has 5 rings (SSSR count). The first-order valence-electron chi connectivity index (χ1n) is 10.7. The van der Waals surface area contributed by atoms with Gasteiger partial charge in [-0.05, 0) is 53.9 Å². The summed E-state index contributed by atoms with van der Waals surface area (Å²) < 4.78 is 6.26. The highest BCUT2D eigenvalue weighted by molar-refractivity contribution is 6.33. The van der Waals surface area contributed by atoms with E-state index >= 15 is 0 Å². The van der Waals surface area contributed by atoms with Crippen molar-refractivity contribution in [2.45, 2.75) is 6.92 Å². The Labute approximate surface area is 188 Å². The maximum Gasteiger partial charge on any atom is 0.149 e. The van der Waals surface area contributed by atoms with Crippen LogP contribution >= 0.6 is 0 Å². The number of aliphatic hydroxyl groups is 2. The number of fused-ring (bicyclic) bond motifs is 7. The Morgan fingerprint density at radius 1 is 0.906 bits per heavy atom. The SMILES string of the molecule is B/C=C(B)/C(O)=C(B)\C(O)=C(/C)c1ccc2[nH]c3ccc4c5ccccc5oc4c3c2c1. The monoisotopic (exact) mass is 417 g/mol. The van der Waals surface area contributed by atoms with E-state index in [1.54, 1.807) is 7.85 Å². The number of H-pyrrole nitrogens is 1. The average Bonchev–Trinajstić information content (AvgIpc) is 3.38. The number of aliphatic hydroxyl groups excluding tert-OH is 2. The summed E-state index contributed by atoms with van der Waals surface area (Å²) in [5.41, 5.74) is 6.49. The standard InChI is InChI=1S/C25H22B3NO3/c1-12(23(30)22(28)24(31)17(27)11-26)13-6-8-18-16(10-13)21-19(29-18)9-7-15-14-4-2-3-5-20(14)32-25(15)21/h2-11,29-31H,26-28H2,1H3/b17-11-,23-12-,24-22-. The van der Waals surface area contributed by atoms with Crippen LogP contribution in [-0.2, 0) is 0 Å². The van der Waals surface area contributed by atoms with E-state index in [1.807, 2.05) is 58.9 Å². The number of nitrogens with one attached hydrogen (secondary N) is 1. The molecular weight excluding hydrogens is 395 g/mol. The first kappa shape index (κ1) is 20.2. The van der Waals surface area contributed by atoms with Crippen LogP contribution in [0.1, 0.15) is 12.5 Å². The summed E-state index contributed by atoms with van der Waals surface area (Å²) in [6, 6.07) is 18.3. The number of hydrogen-bond donors (Lipinski definition) is 3. The summed E-state index contributed by atoms with van der Waals surface area (Å²) in [7, 11) is 5.40. The zero-order chi connectivity index (χ0) is 22.6. The molecule has 0 bridgehead atoms. The number of para-hydroxylation sites is 1. The van der Waals surface area contributed by atoms with E-state index in [-0.39, 0.29) is 11.5 Å². The zero-order valence-corrected chi connectivity index (χ0v) is 18.6. The smallest absolute Gasteiger partial charge is 0.149 e. The Morgan fingerprint density at radius 2 is 1.66 bits per heavy atom. The molecule has 2 aromatic heterocycles. The summed E-state index contributed by atoms with van der Waals surface area (Å²) in [5, 5.41) is 25.5. The number of rotatable bonds is 3. The zero-order valence-electron chi connectivity index (χ0n) is 18.6. The number of benzene rings is 3. The molecule has 0 spiro atoms. The van der Waals surface area contributed by atoms with Crippen molar-refractivity contribution in [1.29, 1.82) is 0 Å². The van der Waals surface area contributed by atoms with Gasteiger partial charge in [0.15, 0.2) is 0 Å². The number of allylic oxidation sites excluding steroid dienone is 3. The highest BCUT2D eigenvalue weighted by Crippen LogP contribution is 2.38. The Hall–Kier alpha value is -3.73. The summed E-state index contributed by atoms with van der Waals surface area (Å²) >= 11 is 0. The van der Waals surface area contributed by atoms with Crippen molar-refractivity contribution in [1.82, 2.24) is 4.98 Å². The van der Waals surface area contributed by atoms with Crippen molar-refractivity contribution in [3.8, 4) is 0 Å². The Balaban J connectivity index is 1.77. The van der Waals surface area contributed by atoms with Crippen molar-refractivity contribution in [3.05, 3.63) is 88.6 Å². The fourth-order valence-electron chi connectivity index (χ4n) is 4.36. The number of furan rings is 1. The third kappa shape index (κ3) is 2.96. The molecule has 2 heterocycles. The molecule has 0 radical (unpaired) electrons. The summed E-state index contributed by atoms with van der Waals surface area (Å²) in [5.74, 6) is 2.00. The van der Waals surface area contributed by atoms with E-state index in [4.69, 9.17) is 4.42 Å². The van der Waals surface area contributed by atoms with Crippen LogP contribution in [0.3, 0.4) is 0 Å². The molecule has 0 amide bonds. The number of aromatic amines is 1. The largest absolute Gasteiger partial charge is 0.509 e. The molecule has 154 valence electrons. The molecule has 0 saturated heterocycles. The topological polar surface area (TPSA) is 69.4 Å². The molecule has 0 aliphatic heterocycles. The van der Waals surface area contributed by atoms with E-state index in [2.05, 4.69) is 29.2 Å². The first-order valence-corrected chi connectivity index (χ1v) is 10.7. The van der Waals surface area contributed by atoms with Gasteiger partial charge in [-0.25, -0.2) is 0 Å². The number of aromatic nitrogens is 1. The molecular formula is C25H22B3NO3. The van der Waals surface area contributed by atoms with Crippen molar-refractivity contribution in [3.63, 3.8) is 0 Å². The minimum Gasteiger partial charge on any atom is -0.509 e. The third-order valence-corrected chi connectivity index (χ3v) is 6.41. The summed E-state index contributed by atoms with van der Waals surface area (Å²) in [4.78, 5) is 3.48. The molecule has 0 fully saturated rings. The van der Waals surface area contributed by atoms with Crippen molar-refractivity contribution in [2.75, 3.05) is 0 Å². The lowest BCUT2D eigenvalue weighted by Gasteiger charge is -2.11. The van der Waals surface area contributed by atoms with Crippen LogP contribution < -0.4 is 0 Å². The predicted molar refractivity (Wildman–Crippen MR) is 142 cm³/mol. The Bertz CT molecular complexity index is 1640. The second kappa shape index (κ2) is 7.45. The van der Waals surface area contributed by atoms with Crippen LogP contribution in [-0.4, -0.2) is 38.7 Å². The third-order valence-electron chi connectivity index (χ3n) is 6.41. The molecule has 32 heavy (non-hydrogen) atoms. The van der Waals surface area contributed by atoms with Crippen molar-refractivity contribution >= 4 is 72.9 Å². The normalized spacial score (nSPS) is 14.3. The molecule has 0 unspecified atom stereocenters. The van der Waals surface area contributed by atoms with Gasteiger partial charge < -0.3 is 19.6 Å². The fourth-order valence-corrected chi connectivity index (χ4v) is 4.36. The minimum absolute atomic E-state index is 0.0803. The molecule has 5 aromatic rings. The molecule has 7 heteroatoms. The van der Waals surface area contributed by atoms with Gasteiger partial charge in [0.2, 0.25) is 0 Å². The predicted octanol–water partition coefficient (Wildman–Crippen LogP) is 4.02. The van der Waals surface area contributed by atoms with E-state index < -0.39 is 0 Å². The lowest BCUT2D eigenvalue weighted by molar-refractivity contribution is 0.400. The summed E-state index contributed by atoms with van der Waals surface area (Å²) in [6.45, 7) is 1.86. The van der Waals surface area contributed by atoms with E-state index in [1.165, 1.54) is 0 Å². The van der Waals surface area contributed by atoms with E-state index in [0.717, 1.165) is 54.8 Å². The van der Waals surface area contributed by atoms with Crippen LogP contribution in [0.2, 0.25) is 0 Å². The van der Waals surface area contributed by atoms with Crippen LogP contribution in [0.4, 0.5) is 0 Å². The lowest BCUT2D eigenvalue weighted by Crippen LogP contribution is -2.01. The molecule has 0 aliphatic rings. The average molecular weight is 417 g/mol. The van der Waals surface area contributed by atoms with Crippen molar-refractivity contribution in [2.24, 2.45) is 0 Å². The molecule has 4 nitrogen and oxygen atoms in total. The van der Waals surface area contributed by atoms with Gasteiger partial charge in [0.1, 0.15) is 46.2 Å². The molecule has 0 atom stereocenters. The number of hydrogen-bond acceptors (Lipinski definition) is 3. The van der Waals surface area contributed by atoms with E-state index in [9.17, 15) is 10.2 Å². The highest BCUT2D eigenvalue weighted by atomic mass is 16.3. The van der Waals surface area contributed by atoms with E-state index in [0.29, 0.717) is 11.0 Å². The van der Waals surface area contributed by atoms with Gasteiger partial charge in [0.05, 0.1) is 10.9 Å². The second-order valence-electron chi connectivity index (χ2n) is 8.27. The first-order chi connectivity index (χ1) is 15.4. The van der Waals surface area contributed by atoms with Crippen LogP contribution in [0, 0.1) is 0 Å². The van der Waals surface area contributed by atoms with Crippen LogP contribution in [0.15, 0.2) is 87.5 Å². The van der Waals surface area contributed by atoms with Gasteiger partial charge >= 0.3 is 0 Å². The van der Waals surface area contributed by atoms with Crippen molar-refractivity contribution < 1.29 is 14.6 Å². The fraction of sp³-hybridized carbons (Fsp3) is 0.0400. The van der Waals surface area contributed by atoms with Gasteiger partial charge in [-0.1, -0.05) is 29.7 Å². The lowest BCUT2D eigenvalue weighted by atomic mass is 9.80. The Kier molecular flexibility index (Phi) is 4.70. The molecule has 0 saturated carbocycles. The molecule has 0 aliphatic carbocycles. The van der Waals surface area contributed by atoms with Crippen LogP contribution in [0.25, 0.3) is 49.3 Å². The maximum atomic E-state index is 10.9. The van der Waals surface area contributed by atoms with Gasteiger partial charge in [0.25, 0.3) is 0 Å². The van der Waals surface area contributed by atoms with Gasteiger partial charge in [-0.2, -0.15) is 0 Å². The maximum absolute atomic E-state index is 10.9. The quantitative estimate of drug-likeness (QED) is 0.236. The van der Waals surface area contributed by atoms with Gasteiger partial charge in [0, 0.05) is 21.7 Å². The minimum atomic E-state index is 0.0803. The molecule has 3 aromatic carbocycles. The van der Waals surface area contributed by atoms with Gasteiger partial charge in [-0.15, -0.1) is 5.98 Å². The Morgan fingerprint density at radius 3 is 2.44 bits per heavy atom. The highest BCUT2D eigenvalue weighted by Gasteiger charge is 2.16. The summed E-state index contributed by atoms with van der Waals surface area (Å²) in [6.07, 6.45) is 0. The second-order valence-corrected chi connectivity index (χ2v) is 8.27. The molecule has 3 N–H and O–H groups in total. The van der Waals surface area contributed by atoms with Gasteiger partial charge in [-0.3, -0.25) is 0 Å². The van der Waals surface area contributed by atoms with Crippen LogP contribution in [0.5, 0.6) is 0 Å².